The number of hydrogen-bond donors (Lipinski definition) is 2. The van der Waals surface area contributed by atoms with Crippen molar-refractivity contribution >= 4 is 10.9 Å². The summed E-state index contributed by atoms with van der Waals surface area (Å²) in [5.41, 5.74) is 1.06. The lowest BCUT2D eigenvalue weighted by atomic mass is 9.83. The van der Waals surface area contributed by atoms with Crippen LogP contribution in [0.15, 0.2) is 23.0 Å². The Morgan fingerprint density at radius 3 is 2.81 bits per heavy atom. The lowest BCUT2D eigenvalue weighted by Gasteiger charge is -2.48. The van der Waals surface area contributed by atoms with Crippen molar-refractivity contribution in [3.63, 3.8) is 0 Å². The zero-order valence-corrected chi connectivity index (χ0v) is 12.7. The molecule has 0 amide bonds. The highest BCUT2D eigenvalue weighted by molar-refractivity contribution is 5.80. The number of aliphatic hydroxyl groups is 1. The number of rotatable bonds is 3. The summed E-state index contributed by atoms with van der Waals surface area (Å²) in [6, 6.07) is 5.62. The monoisotopic (exact) mass is 287 g/mol. The minimum absolute atomic E-state index is 0.0988. The van der Waals surface area contributed by atoms with Crippen molar-refractivity contribution < 1.29 is 5.11 Å². The van der Waals surface area contributed by atoms with E-state index < -0.39 is 5.60 Å². The molecule has 0 radical (unpaired) electrons. The first kappa shape index (κ1) is 14.2. The summed E-state index contributed by atoms with van der Waals surface area (Å²) in [6.07, 6.45) is 0. The molecule has 0 spiro atoms. The molecule has 1 fully saturated rings. The Labute approximate surface area is 123 Å². The fourth-order valence-electron chi connectivity index (χ4n) is 2.84. The van der Waals surface area contributed by atoms with Crippen molar-refractivity contribution in [2.75, 3.05) is 13.1 Å². The van der Waals surface area contributed by atoms with Gasteiger partial charge in [0.1, 0.15) is 5.82 Å². The van der Waals surface area contributed by atoms with Crippen LogP contribution in [0.5, 0.6) is 0 Å². The Balaban J connectivity index is 1.84. The highest BCUT2D eigenvalue weighted by Gasteiger charge is 2.43. The molecule has 2 aromatic rings. The van der Waals surface area contributed by atoms with Crippen LogP contribution in [0.25, 0.3) is 10.9 Å². The average molecular weight is 287 g/mol. The number of benzene rings is 1. The molecular weight excluding hydrogens is 266 g/mol. The molecule has 112 valence electrons. The van der Waals surface area contributed by atoms with E-state index in [1.54, 1.807) is 6.07 Å². The third kappa shape index (κ3) is 2.47. The van der Waals surface area contributed by atoms with Crippen LogP contribution < -0.4 is 5.56 Å². The van der Waals surface area contributed by atoms with Gasteiger partial charge in [0.05, 0.1) is 23.0 Å². The molecule has 5 heteroatoms. The Bertz CT molecular complexity index is 730. The van der Waals surface area contributed by atoms with E-state index in [0.717, 1.165) is 11.1 Å². The Hall–Kier alpha value is -1.72. The molecule has 2 heterocycles. The number of aromatic nitrogens is 2. The Morgan fingerprint density at radius 1 is 1.43 bits per heavy atom. The first-order chi connectivity index (χ1) is 9.89. The van der Waals surface area contributed by atoms with Crippen molar-refractivity contribution in [2.24, 2.45) is 5.92 Å². The van der Waals surface area contributed by atoms with Gasteiger partial charge in [-0.25, -0.2) is 4.98 Å². The average Bonchev–Trinajstić information content (AvgIpc) is 2.38. The normalized spacial score (nSPS) is 18.1. The third-order valence-electron chi connectivity index (χ3n) is 4.43. The van der Waals surface area contributed by atoms with Gasteiger partial charge >= 0.3 is 0 Å². The van der Waals surface area contributed by atoms with Gasteiger partial charge in [0.2, 0.25) is 0 Å². The topological polar surface area (TPSA) is 69.2 Å². The minimum atomic E-state index is -0.604. The second-order valence-electron chi connectivity index (χ2n) is 6.39. The van der Waals surface area contributed by atoms with Crippen LogP contribution in [0.3, 0.4) is 0 Å². The first-order valence-corrected chi connectivity index (χ1v) is 7.32. The van der Waals surface area contributed by atoms with Crippen LogP contribution in [0, 0.1) is 12.8 Å². The predicted molar refractivity (Wildman–Crippen MR) is 82.2 cm³/mol. The molecule has 3 rings (SSSR count). The van der Waals surface area contributed by atoms with E-state index in [0.29, 0.717) is 30.8 Å². The molecule has 0 aliphatic carbocycles. The maximum Gasteiger partial charge on any atom is 0.258 e. The lowest BCUT2D eigenvalue weighted by molar-refractivity contribution is -0.131. The van der Waals surface area contributed by atoms with Crippen LogP contribution in [-0.2, 0) is 6.54 Å². The molecule has 21 heavy (non-hydrogen) atoms. The highest BCUT2D eigenvalue weighted by atomic mass is 16.3. The Morgan fingerprint density at radius 2 is 2.14 bits per heavy atom. The lowest BCUT2D eigenvalue weighted by Crippen LogP contribution is -2.64. The van der Waals surface area contributed by atoms with Gasteiger partial charge in [-0.3, -0.25) is 9.69 Å². The molecule has 1 aromatic carbocycles. The van der Waals surface area contributed by atoms with Crippen molar-refractivity contribution in [1.29, 1.82) is 0 Å². The summed E-state index contributed by atoms with van der Waals surface area (Å²) in [4.78, 5) is 21.6. The number of aryl methyl sites for hydroxylation is 1. The fourth-order valence-corrected chi connectivity index (χ4v) is 2.84. The number of nitrogens with one attached hydrogen (secondary N) is 1. The van der Waals surface area contributed by atoms with E-state index >= 15 is 0 Å². The minimum Gasteiger partial charge on any atom is -0.387 e. The van der Waals surface area contributed by atoms with Crippen LogP contribution in [-0.4, -0.2) is 38.7 Å². The summed E-state index contributed by atoms with van der Waals surface area (Å²) in [5.74, 6) is 0.896. The van der Waals surface area contributed by atoms with Crippen LogP contribution in [0.4, 0.5) is 0 Å². The van der Waals surface area contributed by atoms with Crippen LogP contribution in [0.1, 0.15) is 25.2 Å². The number of aromatic amines is 1. The van der Waals surface area contributed by atoms with E-state index in [9.17, 15) is 9.90 Å². The van der Waals surface area contributed by atoms with Gasteiger partial charge in [0.15, 0.2) is 0 Å². The number of nitrogens with zero attached hydrogens (tertiary/aromatic N) is 2. The zero-order chi connectivity index (χ0) is 15.2. The summed E-state index contributed by atoms with van der Waals surface area (Å²) < 4.78 is 0. The second kappa shape index (κ2) is 4.93. The Kier molecular flexibility index (Phi) is 3.34. The fraction of sp³-hybridized carbons (Fsp3) is 0.500. The molecule has 0 atom stereocenters. The molecule has 1 aliphatic heterocycles. The number of likely N-dealkylation sites (tertiary alicyclic amines) is 1. The molecule has 0 unspecified atom stereocenters. The largest absolute Gasteiger partial charge is 0.387 e. The van der Waals surface area contributed by atoms with E-state index in [4.69, 9.17) is 0 Å². The molecule has 5 nitrogen and oxygen atoms in total. The maximum atomic E-state index is 12.1. The predicted octanol–water partition coefficient (Wildman–Crippen LogP) is 1.43. The van der Waals surface area contributed by atoms with E-state index in [-0.39, 0.29) is 11.5 Å². The number of fused-ring (bicyclic) bond motifs is 1. The van der Waals surface area contributed by atoms with Crippen molar-refractivity contribution in [2.45, 2.75) is 32.9 Å². The van der Waals surface area contributed by atoms with Crippen molar-refractivity contribution in [1.82, 2.24) is 14.9 Å². The highest BCUT2D eigenvalue weighted by Crippen LogP contribution is 2.29. The number of para-hydroxylation sites is 1. The molecule has 1 aromatic heterocycles. The summed E-state index contributed by atoms with van der Waals surface area (Å²) in [7, 11) is 0. The molecular formula is C16H21N3O2. The molecule has 0 saturated carbocycles. The summed E-state index contributed by atoms with van der Waals surface area (Å²) >= 11 is 0. The quantitative estimate of drug-likeness (QED) is 0.896. The molecule has 1 saturated heterocycles. The molecule has 2 N–H and O–H groups in total. The van der Waals surface area contributed by atoms with Crippen molar-refractivity contribution in [3.05, 3.63) is 39.9 Å². The van der Waals surface area contributed by atoms with Gasteiger partial charge < -0.3 is 10.1 Å². The van der Waals surface area contributed by atoms with E-state index in [1.807, 2.05) is 32.9 Å². The number of hydrogen-bond acceptors (Lipinski definition) is 4. The number of H-pyrrole nitrogens is 1. The zero-order valence-electron chi connectivity index (χ0n) is 12.7. The number of β-amino-alcohol motifs (C(OH)–C–C–N with tert-alkyl or cyclic N) is 1. The van der Waals surface area contributed by atoms with Gasteiger partial charge in [0, 0.05) is 13.1 Å². The van der Waals surface area contributed by atoms with Crippen LogP contribution >= 0.6 is 0 Å². The van der Waals surface area contributed by atoms with Crippen LogP contribution in [0.2, 0.25) is 0 Å². The smallest absolute Gasteiger partial charge is 0.258 e. The SMILES string of the molecule is Cc1cccc2c(=O)[nH]c(CN3CC(O)(C(C)C)C3)nc12. The third-order valence-corrected chi connectivity index (χ3v) is 4.43. The summed E-state index contributed by atoms with van der Waals surface area (Å²) in [6.45, 7) is 7.82. The first-order valence-electron chi connectivity index (χ1n) is 7.32. The molecule has 1 aliphatic rings. The van der Waals surface area contributed by atoms with Gasteiger partial charge in [-0.2, -0.15) is 0 Å². The molecule has 0 bridgehead atoms. The van der Waals surface area contributed by atoms with E-state index in [1.165, 1.54) is 0 Å². The van der Waals surface area contributed by atoms with Gasteiger partial charge in [-0.15, -0.1) is 0 Å². The van der Waals surface area contributed by atoms with Gasteiger partial charge in [-0.1, -0.05) is 26.0 Å². The van der Waals surface area contributed by atoms with Crippen molar-refractivity contribution in [3.8, 4) is 0 Å². The second-order valence-corrected chi connectivity index (χ2v) is 6.39. The maximum absolute atomic E-state index is 12.1. The van der Waals surface area contributed by atoms with E-state index in [2.05, 4.69) is 14.9 Å². The standard InChI is InChI=1S/C16H21N3O2/c1-10(2)16(21)8-19(9-16)7-13-17-14-11(3)5-4-6-12(14)15(20)18-13/h4-6,10,21H,7-9H2,1-3H3,(H,17,18,20). The summed E-state index contributed by atoms with van der Waals surface area (Å²) in [5, 5.41) is 10.9. The van der Waals surface area contributed by atoms with Gasteiger partial charge in [0.25, 0.3) is 5.56 Å². The van der Waals surface area contributed by atoms with Gasteiger partial charge in [-0.05, 0) is 24.5 Å².